The number of carbonyl (C=O) groups excluding carboxylic acids is 5. The van der Waals surface area contributed by atoms with E-state index in [1.54, 1.807) is 46.8 Å². The van der Waals surface area contributed by atoms with E-state index in [1.807, 2.05) is 0 Å². The van der Waals surface area contributed by atoms with Crippen LogP contribution in [-0.4, -0.2) is 50.1 Å². The van der Waals surface area contributed by atoms with Gasteiger partial charge in [-0.2, -0.15) is 9.59 Å². The fraction of sp³-hybridized carbons (Fsp3) is 0.391. The van der Waals surface area contributed by atoms with Gasteiger partial charge in [-0.1, -0.05) is 6.92 Å². The van der Waals surface area contributed by atoms with Crippen LogP contribution < -0.4 is 0 Å². The van der Waals surface area contributed by atoms with Gasteiger partial charge >= 0.3 is 12.1 Å². The van der Waals surface area contributed by atoms with Crippen LogP contribution in [0.3, 0.4) is 0 Å². The maximum Gasteiger partial charge on any atom is 0.374 e. The Morgan fingerprint density at radius 1 is 0.919 bits per heavy atom. The van der Waals surface area contributed by atoms with Gasteiger partial charge in [0.2, 0.25) is 5.78 Å². The minimum Gasteiger partial charge on any atom is -0.460 e. The van der Waals surface area contributed by atoms with E-state index in [0.717, 1.165) is 5.69 Å². The van der Waals surface area contributed by atoms with Crippen molar-refractivity contribution >= 4 is 35.1 Å². The average molecular weight is 520 g/mol. The van der Waals surface area contributed by atoms with E-state index in [2.05, 4.69) is 14.7 Å². The Labute approximate surface area is 212 Å². The zero-order chi connectivity index (χ0) is 29.1. The Hall–Kier alpha value is -4.71. The van der Waals surface area contributed by atoms with Crippen LogP contribution in [0.25, 0.3) is 0 Å². The van der Waals surface area contributed by atoms with Crippen LogP contribution in [0.2, 0.25) is 0 Å². The third kappa shape index (κ3) is 15.0. The number of rotatable bonds is 7. The molecule has 37 heavy (non-hydrogen) atoms. The zero-order valence-electron chi connectivity index (χ0n) is 21.3. The molecule has 200 valence electrons. The van der Waals surface area contributed by atoms with Crippen LogP contribution in [0.1, 0.15) is 49.7 Å². The third-order valence-electron chi connectivity index (χ3n) is 4.06. The predicted octanol–water partition coefficient (Wildman–Crippen LogP) is 2.98. The number of esters is 1. The van der Waals surface area contributed by atoms with Crippen molar-refractivity contribution in [1.82, 2.24) is 9.97 Å². The smallest absolute Gasteiger partial charge is 0.374 e. The number of hydrogen-bond acceptors (Lipinski definition) is 12. The molecule has 0 radical (unpaired) electrons. The van der Waals surface area contributed by atoms with E-state index in [9.17, 15) is 34.6 Å². The molecule has 0 unspecified atom stereocenters. The Kier molecular flexibility index (Phi) is 17.3. The Balaban J connectivity index is 0. The quantitative estimate of drug-likeness (QED) is 0.223. The highest BCUT2D eigenvalue weighted by atomic mass is 16.6. The first-order chi connectivity index (χ1) is 17.2. The summed E-state index contributed by atoms with van der Waals surface area (Å²) in [5.74, 6) is -1.32. The molecule has 2 aromatic rings. The lowest BCUT2D eigenvalue weighted by Gasteiger charge is -2.01. The minimum absolute atomic E-state index is 0.0105. The fourth-order valence-corrected chi connectivity index (χ4v) is 2.37. The third-order valence-corrected chi connectivity index (χ3v) is 4.06. The number of carbonyl (C=O) groups is 3. The molecule has 0 amide bonds. The average Bonchev–Trinajstić information content (AvgIpc) is 2.80. The first-order valence-electron chi connectivity index (χ1n) is 10.6. The van der Waals surface area contributed by atoms with Crippen molar-refractivity contribution in [2.24, 2.45) is 0 Å². The van der Waals surface area contributed by atoms with Gasteiger partial charge in [-0.15, -0.1) is 0 Å². The van der Waals surface area contributed by atoms with Crippen molar-refractivity contribution in [2.45, 2.75) is 54.4 Å². The van der Waals surface area contributed by atoms with Crippen molar-refractivity contribution < 1.29 is 38.6 Å². The molecule has 0 N–H and O–H groups in total. The lowest BCUT2D eigenvalue weighted by Crippen LogP contribution is -2.12. The number of ketones is 2. The van der Waals surface area contributed by atoms with Crippen LogP contribution in [0, 0.1) is 41.0 Å². The van der Waals surface area contributed by atoms with E-state index < -0.39 is 21.6 Å². The van der Waals surface area contributed by atoms with Crippen LogP contribution in [0.15, 0.2) is 24.5 Å². The second-order valence-corrected chi connectivity index (χ2v) is 7.01. The molecule has 0 bridgehead atoms. The van der Waals surface area contributed by atoms with Gasteiger partial charge in [-0.25, -0.2) is 4.79 Å². The second-order valence-electron chi connectivity index (χ2n) is 7.01. The number of nitrogens with zero attached hydrogens (tertiary/aromatic N) is 4. The van der Waals surface area contributed by atoms with Crippen LogP contribution >= 0.6 is 0 Å². The summed E-state index contributed by atoms with van der Waals surface area (Å²) in [4.78, 5) is 75.4. The number of pyridine rings is 2. The number of aryl methyl sites for hydroxylation is 3. The molecule has 0 aliphatic rings. The van der Waals surface area contributed by atoms with Crippen molar-refractivity contribution in [1.29, 1.82) is 0 Å². The highest BCUT2D eigenvalue weighted by Crippen LogP contribution is 2.19. The van der Waals surface area contributed by atoms with Gasteiger partial charge in [0.15, 0.2) is 0 Å². The molecule has 0 saturated heterocycles. The maximum atomic E-state index is 11.2. The van der Waals surface area contributed by atoms with Gasteiger partial charge in [0, 0.05) is 42.3 Å². The summed E-state index contributed by atoms with van der Waals surface area (Å²) in [6.07, 6.45) is 3.23. The summed E-state index contributed by atoms with van der Waals surface area (Å²) < 4.78 is 4.31. The van der Waals surface area contributed by atoms with Gasteiger partial charge in [0.1, 0.15) is 18.2 Å². The topological polar surface area (TPSA) is 207 Å². The molecule has 0 aromatic carbocycles. The summed E-state index contributed by atoms with van der Waals surface area (Å²) in [6.45, 7) is 10.1. The molecule has 14 nitrogen and oxygen atoms in total. The normalized spacial score (nSPS) is 8.92. The van der Waals surface area contributed by atoms with E-state index in [-0.39, 0.29) is 36.3 Å². The van der Waals surface area contributed by atoms with Gasteiger partial charge < -0.3 is 4.74 Å². The highest BCUT2D eigenvalue weighted by Gasteiger charge is 2.16. The Morgan fingerprint density at radius 3 is 1.73 bits per heavy atom. The summed E-state index contributed by atoms with van der Waals surface area (Å²) in [5, 5.41) is 21.0. The zero-order valence-corrected chi connectivity index (χ0v) is 21.3. The van der Waals surface area contributed by atoms with Crippen molar-refractivity contribution in [2.75, 3.05) is 6.61 Å². The van der Waals surface area contributed by atoms with Crippen LogP contribution in [0.5, 0.6) is 0 Å². The lowest BCUT2D eigenvalue weighted by atomic mass is 10.1. The van der Waals surface area contributed by atoms with E-state index in [0.29, 0.717) is 23.2 Å². The van der Waals surface area contributed by atoms with Gasteiger partial charge in [-0.05, 0) is 39.8 Å². The van der Waals surface area contributed by atoms with E-state index in [1.165, 1.54) is 19.3 Å². The summed E-state index contributed by atoms with van der Waals surface area (Å²) in [6, 6.07) is 3.28. The Morgan fingerprint density at radius 2 is 1.38 bits per heavy atom. The largest absolute Gasteiger partial charge is 0.460 e. The molecule has 0 aliphatic carbocycles. The predicted molar refractivity (Wildman–Crippen MR) is 127 cm³/mol. The Bertz CT molecular complexity index is 1140. The van der Waals surface area contributed by atoms with Crippen molar-refractivity contribution in [3.63, 3.8) is 0 Å². The molecule has 2 rings (SSSR count). The molecule has 0 saturated carbocycles. The first-order valence-corrected chi connectivity index (χ1v) is 10.6. The minimum atomic E-state index is -0.757. The molecular formula is C23H28N4O10. The second kappa shape index (κ2) is 18.6. The number of nitro groups is 2. The molecule has 2 aromatic heterocycles. The molecule has 0 fully saturated rings. The molecule has 14 heteroatoms. The van der Waals surface area contributed by atoms with E-state index in [4.69, 9.17) is 9.59 Å². The molecule has 2 heterocycles. The maximum absolute atomic E-state index is 11.2. The summed E-state index contributed by atoms with van der Waals surface area (Å²) in [5.41, 5.74) is 2.58. The van der Waals surface area contributed by atoms with E-state index >= 15 is 0 Å². The monoisotopic (exact) mass is 520 g/mol. The number of Topliss-reactive ketones (excluding diaryl/α,β-unsaturated/α-hetero) is 2. The number of hydrogen-bond donors (Lipinski definition) is 0. The standard InChI is InChI=1S/C10H12N2O3.C7H8N2O2.C5H8O3.CO2/c1-3-9(13)5-8-4-7(2)11-6-10(8)12(14)15;1-5-3-6(2)8-4-7(5)9(10)11;1-3-8-5(7)4(2)6;2-1-3/h4,6H,3,5H2,1-2H3;3-4H,1-2H3;3H2,1-2H3;. The fourth-order valence-electron chi connectivity index (χ4n) is 2.37. The molecule has 0 spiro atoms. The highest BCUT2D eigenvalue weighted by molar-refractivity contribution is 6.32. The van der Waals surface area contributed by atoms with Crippen LogP contribution in [-0.2, 0) is 35.1 Å². The van der Waals surface area contributed by atoms with Crippen molar-refractivity contribution in [3.05, 3.63) is 67.3 Å². The van der Waals surface area contributed by atoms with Crippen molar-refractivity contribution in [3.8, 4) is 0 Å². The summed E-state index contributed by atoms with van der Waals surface area (Å²) >= 11 is 0. The molecular weight excluding hydrogens is 492 g/mol. The van der Waals surface area contributed by atoms with Gasteiger partial charge in [0.25, 0.3) is 11.4 Å². The van der Waals surface area contributed by atoms with Crippen LogP contribution in [0.4, 0.5) is 11.4 Å². The summed E-state index contributed by atoms with van der Waals surface area (Å²) in [7, 11) is 0. The molecule has 0 atom stereocenters. The van der Waals surface area contributed by atoms with Gasteiger partial charge in [0.05, 0.1) is 16.5 Å². The number of ether oxygens (including phenoxy) is 1. The first kappa shape index (κ1) is 34.5. The lowest BCUT2D eigenvalue weighted by molar-refractivity contribution is -0.385. The van der Waals surface area contributed by atoms with Gasteiger partial charge in [-0.3, -0.25) is 39.8 Å². The number of aromatic nitrogens is 2. The SMILES string of the molecule is CCC(=O)Cc1cc(C)ncc1[N+](=O)[O-].CCOC(=O)C(C)=O.Cc1cc(C)c([N+](=O)[O-])cn1.O=C=O. The molecule has 0 aliphatic heterocycles.